The van der Waals surface area contributed by atoms with E-state index in [1.54, 1.807) is 13.0 Å². The number of hydrogen-bond acceptors (Lipinski definition) is 4. The van der Waals surface area contributed by atoms with Crippen LogP contribution in [0.3, 0.4) is 0 Å². The van der Waals surface area contributed by atoms with Crippen LogP contribution < -0.4 is 14.2 Å². The number of nitrogens with one attached hydrogen (secondary N) is 1. The van der Waals surface area contributed by atoms with Crippen molar-refractivity contribution < 1.29 is 17.9 Å². The third-order valence-corrected chi connectivity index (χ3v) is 3.41. The number of sulfonamides is 1. The first-order chi connectivity index (χ1) is 7.15. The van der Waals surface area contributed by atoms with Crippen LogP contribution in [0, 0.1) is 6.07 Å². The van der Waals surface area contributed by atoms with Crippen molar-refractivity contribution in [3.63, 3.8) is 0 Å². The maximum absolute atomic E-state index is 11.7. The van der Waals surface area contributed by atoms with Gasteiger partial charge in [-0.1, -0.05) is 6.92 Å². The lowest BCUT2D eigenvalue weighted by Crippen LogP contribution is -2.23. The molecule has 81 valence electrons. The molecule has 0 bridgehead atoms. The predicted molar refractivity (Wildman–Crippen MR) is 52.3 cm³/mol. The maximum atomic E-state index is 11.7. The zero-order valence-electron chi connectivity index (χ0n) is 8.11. The number of rotatable bonds is 3. The average Bonchev–Trinajstić information content (AvgIpc) is 2.64. The first kappa shape index (κ1) is 10.3. The van der Waals surface area contributed by atoms with E-state index in [1.807, 2.05) is 0 Å². The molecule has 1 radical (unpaired) electrons. The van der Waals surface area contributed by atoms with Crippen LogP contribution >= 0.6 is 0 Å². The molecule has 0 unspecified atom stereocenters. The highest BCUT2D eigenvalue weighted by Crippen LogP contribution is 2.37. The average molecular weight is 228 g/mol. The normalized spacial score (nSPS) is 14.2. The summed E-state index contributed by atoms with van der Waals surface area (Å²) in [4.78, 5) is -0.000602. The van der Waals surface area contributed by atoms with Crippen molar-refractivity contribution in [3.8, 4) is 11.5 Å². The molecular weight excluding hydrogens is 218 g/mol. The highest BCUT2D eigenvalue weighted by molar-refractivity contribution is 7.89. The zero-order valence-corrected chi connectivity index (χ0v) is 8.93. The van der Waals surface area contributed by atoms with Gasteiger partial charge >= 0.3 is 0 Å². The molecular formula is C9H10NO4S. The molecule has 0 aromatic heterocycles. The highest BCUT2D eigenvalue weighted by atomic mass is 32.2. The SMILES string of the molecule is CCNS(=O)(=O)c1[c]ccc2c1OCO2. The van der Waals surface area contributed by atoms with E-state index in [0.717, 1.165) is 0 Å². The minimum atomic E-state index is -3.55. The fraction of sp³-hybridized carbons (Fsp3) is 0.333. The quantitative estimate of drug-likeness (QED) is 0.818. The Labute approximate surface area is 88.1 Å². The first-order valence-corrected chi connectivity index (χ1v) is 5.93. The van der Waals surface area contributed by atoms with Crippen molar-refractivity contribution >= 4 is 10.0 Å². The topological polar surface area (TPSA) is 64.6 Å². The lowest BCUT2D eigenvalue weighted by molar-refractivity contribution is 0.172. The Morgan fingerprint density at radius 3 is 3.07 bits per heavy atom. The molecule has 2 rings (SSSR count). The fourth-order valence-electron chi connectivity index (χ4n) is 1.31. The predicted octanol–water partition coefficient (Wildman–Crippen LogP) is 0.514. The van der Waals surface area contributed by atoms with Crippen molar-refractivity contribution in [1.82, 2.24) is 4.72 Å². The molecule has 0 spiro atoms. The van der Waals surface area contributed by atoms with Crippen LogP contribution in [-0.2, 0) is 10.0 Å². The van der Waals surface area contributed by atoms with Gasteiger partial charge in [-0.25, -0.2) is 13.1 Å². The Bertz CT molecular complexity index is 469. The lowest BCUT2D eigenvalue weighted by atomic mass is 10.3. The number of hydrogen-bond donors (Lipinski definition) is 1. The molecule has 0 amide bonds. The van der Waals surface area contributed by atoms with Gasteiger partial charge in [0.1, 0.15) is 4.90 Å². The van der Waals surface area contributed by atoms with E-state index < -0.39 is 10.0 Å². The molecule has 1 N–H and O–H groups in total. The van der Waals surface area contributed by atoms with E-state index in [4.69, 9.17) is 9.47 Å². The number of benzene rings is 1. The molecule has 0 aliphatic carbocycles. The Morgan fingerprint density at radius 1 is 1.53 bits per heavy atom. The van der Waals surface area contributed by atoms with Gasteiger partial charge in [-0.15, -0.1) is 0 Å². The van der Waals surface area contributed by atoms with Crippen molar-refractivity contribution in [1.29, 1.82) is 0 Å². The molecule has 1 heterocycles. The fourth-order valence-corrected chi connectivity index (χ4v) is 2.46. The lowest BCUT2D eigenvalue weighted by Gasteiger charge is -2.06. The van der Waals surface area contributed by atoms with Gasteiger partial charge in [0.25, 0.3) is 0 Å². The van der Waals surface area contributed by atoms with Crippen molar-refractivity contribution in [2.45, 2.75) is 11.8 Å². The van der Waals surface area contributed by atoms with E-state index in [-0.39, 0.29) is 17.4 Å². The molecule has 0 saturated heterocycles. The smallest absolute Gasteiger partial charge is 0.245 e. The molecule has 0 saturated carbocycles. The largest absolute Gasteiger partial charge is 0.454 e. The van der Waals surface area contributed by atoms with Crippen molar-refractivity contribution in [2.24, 2.45) is 0 Å². The molecule has 1 aliphatic heterocycles. The summed E-state index contributed by atoms with van der Waals surface area (Å²) in [5.41, 5.74) is 0. The summed E-state index contributed by atoms with van der Waals surface area (Å²) >= 11 is 0. The van der Waals surface area contributed by atoms with Crippen LogP contribution in [0.1, 0.15) is 6.92 Å². The third-order valence-electron chi connectivity index (χ3n) is 1.90. The van der Waals surface area contributed by atoms with E-state index in [1.165, 1.54) is 6.07 Å². The monoisotopic (exact) mass is 228 g/mol. The number of ether oxygens (including phenoxy) is 2. The van der Waals surface area contributed by atoms with Crippen LogP contribution in [-0.4, -0.2) is 21.8 Å². The summed E-state index contributed by atoms with van der Waals surface area (Å²) < 4.78 is 36.0. The Balaban J connectivity index is 2.50. The zero-order chi connectivity index (χ0) is 10.9. The van der Waals surface area contributed by atoms with Crippen LogP contribution in [0.25, 0.3) is 0 Å². The summed E-state index contributed by atoms with van der Waals surface area (Å²) in [6.07, 6.45) is 0. The third kappa shape index (κ3) is 1.78. The molecule has 1 aromatic rings. The molecule has 1 aliphatic rings. The summed E-state index contributed by atoms with van der Waals surface area (Å²) in [6.45, 7) is 2.07. The van der Waals surface area contributed by atoms with Gasteiger partial charge in [0.05, 0.1) is 0 Å². The molecule has 6 heteroatoms. The van der Waals surface area contributed by atoms with Gasteiger partial charge in [-0.05, 0) is 12.1 Å². The van der Waals surface area contributed by atoms with Gasteiger partial charge in [-0.3, -0.25) is 0 Å². The molecule has 0 atom stereocenters. The Morgan fingerprint density at radius 2 is 2.33 bits per heavy atom. The van der Waals surface area contributed by atoms with Gasteiger partial charge in [0.2, 0.25) is 16.8 Å². The van der Waals surface area contributed by atoms with Crippen molar-refractivity contribution in [3.05, 3.63) is 18.2 Å². The summed E-state index contributed by atoms with van der Waals surface area (Å²) in [6, 6.07) is 5.75. The van der Waals surface area contributed by atoms with Gasteiger partial charge in [0, 0.05) is 12.6 Å². The van der Waals surface area contributed by atoms with Crippen molar-refractivity contribution in [2.75, 3.05) is 13.3 Å². The number of fused-ring (bicyclic) bond motifs is 1. The second kappa shape index (κ2) is 3.71. The standard InChI is InChI=1S/C9H10NO4S/c1-2-10-15(11,12)8-5-3-4-7-9(8)14-6-13-7/h3-4,10H,2,6H2,1H3. The Hall–Kier alpha value is -1.27. The summed E-state index contributed by atoms with van der Waals surface area (Å²) in [5.74, 6) is 0.670. The Kier molecular flexibility index (Phi) is 2.54. The van der Waals surface area contributed by atoms with E-state index in [9.17, 15) is 8.42 Å². The maximum Gasteiger partial charge on any atom is 0.245 e. The van der Waals surface area contributed by atoms with Gasteiger partial charge in [0.15, 0.2) is 11.5 Å². The van der Waals surface area contributed by atoms with E-state index in [0.29, 0.717) is 12.3 Å². The second-order valence-electron chi connectivity index (χ2n) is 2.91. The summed E-state index contributed by atoms with van der Waals surface area (Å²) in [7, 11) is -3.55. The van der Waals surface area contributed by atoms with Crippen LogP contribution in [0.2, 0.25) is 0 Å². The minimum Gasteiger partial charge on any atom is -0.454 e. The molecule has 5 nitrogen and oxygen atoms in total. The van der Waals surface area contributed by atoms with E-state index >= 15 is 0 Å². The van der Waals surface area contributed by atoms with Gasteiger partial charge < -0.3 is 9.47 Å². The van der Waals surface area contributed by atoms with Gasteiger partial charge in [-0.2, -0.15) is 0 Å². The second-order valence-corrected chi connectivity index (χ2v) is 4.61. The first-order valence-electron chi connectivity index (χ1n) is 4.45. The molecule has 0 fully saturated rings. The van der Waals surface area contributed by atoms with Crippen LogP contribution in [0.15, 0.2) is 17.0 Å². The van der Waals surface area contributed by atoms with E-state index in [2.05, 4.69) is 10.8 Å². The minimum absolute atomic E-state index is 0.000602. The molecule has 1 aromatic carbocycles. The summed E-state index contributed by atoms with van der Waals surface area (Å²) in [5, 5.41) is 0. The van der Waals surface area contributed by atoms with Crippen LogP contribution in [0.4, 0.5) is 0 Å². The highest BCUT2D eigenvalue weighted by Gasteiger charge is 2.25. The molecule has 15 heavy (non-hydrogen) atoms. The van der Waals surface area contributed by atoms with Crippen LogP contribution in [0.5, 0.6) is 11.5 Å².